The van der Waals surface area contributed by atoms with E-state index in [0.717, 1.165) is 0 Å². The number of carbonyl (C=O) groups is 3. The average molecular weight is 277 g/mol. The maximum absolute atomic E-state index is 12.0. The lowest BCUT2D eigenvalue weighted by molar-refractivity contribution is -0.142. The van der Waals surface area contributed by atoms with E-state index in [9.17, 15) is 14.4 Å². The second-order valence-electron chi connectivity index (χ2n) is 5.06. The van der Waals surface area contributed by atoms with Crippen molar-refractivity contribution in [2.45, 2.75) is 19.9 Å². The van der Waals surface area contributed by atoms with E-state index in [-0.39, 0.29) is 36.8 Å². The summed E-state index contributed by atoms with van der Waals surface area (Å²) in [6, 6.07) is 0. The molecule has 0 aromatic carbocycles. The van der Waals surface area contributed by atoms with E-state index in [1.165, 1.54) is 15.8 Å². The Bertz CT molecular complexity index is 587. The molecule has 2 heterocycles. The Morgan fingerprint density at radius 2 is 2.05 bits per heavy atom. The van der Waals surface area contributed by atoms with Crippen LogP contribution in [0.15, 0.2) is 6.20 Å². The zero-order valence-electron chi connectivity index (χ0n) is 11.3. The first-order chi connectivity index (χ1) is 9.54. The molecule has 1 aliphatic carbocycles. The predicted octanol–water partition coefficient (Wildman–Crippen LogP) is 0.102. The average Bonchev–Trinajstić information content (AvgIpc) is 3.08. The number of fused-ring (bicyclic) bond motifs is 1. The minimum absolute atomic E-state index is 0.0787. The maximum atomic E-state index is 12.0. The molecule has 1 aromatic rings. The number of ether oxygens (including phenoxy) is 1. The van der Waals surface area contributed by atoms with E-state index in [0.29, 0.717) is 17.7 Å². The Kier molecular flexibility index (Phi) is 2.84. The minimum Gasteiger partial charge on any atom is -0.462 e. The third-order valence-corrected chi connectivity index (χ3v) is 3.82. The largest absolute Gasteiger partial charge is 0.462 e. The molecule has 2 atom stereocenters. The Labute approximate surface area is 115 Å². The van der Waals surface area contributed by atoms with Gasteiger partial charge in [-0.1, -0.05) is 0 Å². The van der Waals surface area contributed by atoms with Crippen molar-refractivity contribution in [3.63, 3.8) is 0 Å². The summed E-state index contributed by atoms with van der Waals surface area (Å²) < 4.78 is 6.45. The van der Waals surface area contributed by atoms with Crippen LogP contribution in [0.2, 0.25) is 0 Å². The lowest BCUT2D eigenvalue weighted by Crippen LogP contribution is -2.33. The number of aromatic nitrogens is 2. The standard InChI is InChI=1S/C13H15N3O4/c1-3-20-13(19)9-5-14-15(2)10(9)6-16-11(17)7-4-8(7)12(16)18/h5,7-8H,3-4,6H2,1-2H3. The summed E-state index contributed by atoms with van der Waals surface area (Å²) in [5, 5.41) is 4.01. The van der Waals surface area contributed by atoms with Gasteiger partial charge in [-0.3, -0.25) is 19.2 Å². The van der Waals surface area contributed by atoms with Gasteiger partial charge in [0, 0.05) is 7.05 Å². The van der Waals surface area contributed by atoms with Crippen LogP contribution in [0.4, 0.5) is 0 Å². The molecule has 0 bridgehead atoms. The normalized spacial score (nSPS) is 24.0. The van der Waals surface area contributed by atoms with Gasteiger partial charge >= 0.3 is 5.97 Å². The van der Waals surface area contributed by atoms with Crippen molar-refractivity contribution in [1.29, 1.82) is 0 Å². The highest BCUT2D eigenvalue weighted by molar-refractivity contribution is 6.08. The number of carbonyl (C=O) groups excluding carboxylic acids is 3. The molecule has 7 nitrogen and oxygen atoms in total. The van der Waals surface area contributed by atoms with Crippen molar-refractivity contribution >= 4 is 17.8 Å². The molecule has 0 spiro atoms. The Hall–Kier alpha value is -2.18. The predicted molar refractivity (Wildman–Crippen MR) is 66.3 cm³/mol. The first kappa shape index (κ1) is 12.8. The highest BCUT2D eigenvalue weighted by Gasteiger charge is 2.58. The first-order valence-corrected chi connectivity index (χ1v) is 6.57. The van der Waals surface area contributed by atoms with E-state index in [2.05, 4.69) is 5.10 Å². The summed E-state index contributed by atoms with van der Waals surface area (Å²) in [6.45, 7) is 2.06. The quantitative estimate of drug-likeness (QED) is 0.576. The summed E-state index contributed by atoms with van der Waals surface area (Å²) in [4.78, 5) is 37.0. The molecule has 0 N–H and O–H groups in total. The fourth-order valence-corrected chi connectivity index (χ4v) is 2.59. The molecule has 1 aliphatic heterocycles. The molecule has 1 saturated heterocycles. The van der Waals surface area contributed by atoms with Crippen LogP contribution in [0.3, 0.4) is 0 Å². The number of rotatable bonds is 4. The first-order valence-electron chi connectivity index (χ1n) is 6.57. The number of imide groups is 1. The van der Waals surface area contributed by atoms with E-state index in [1.807, 2.05) is 0 Å². The van der Waals surface area contributed by atoms with Gasteiger partial charge in [0.1, 0.15) is 5.56 Å². The fourth-order valence-electron chi connectivity index (χ4n) is 2.59. The molecule has 2 amide bonds. The molecular formula is C13H15N3O4. The number of hydrogen-bond acceptors (Lipinski definition) is 5. The Morgan fingerprint density at radius 3 is 2.65 bits per heavy atom. The second-order valence-corrected chi connectivity index (χ2v) is 5.06. The molecule has 7 heteroatoms. The monoisotopic (exact) mass is 277 g/mol. The van der Waals surface area contributed by atoms with Crippen LogP contribution in [0.25, 0.3) is 0 Å². The number of esters is 1. The molecule has 1 aromatic heterocycles. The molecule has 3 rings (SSSR count). The van der Waals surface area contributed by atoms with Crippen LogP contribution in [-0.2, 0) is 27.9 Å². The Balaban J connectivity index is 1.84. The molecule has 106 valence electrons. The van der Waals surface area contributed by atoms with Crippen LogP contribution < -0.4 is 0 Å². The molecule has 20 heavy (non-hydrogen) atoms. The summed E-state index contributed by atoms with van der Waals surface area (Å²) in [6.07, 6.45) is 2.07. The van der Waals surface area contributed by atoms with Crippen molar-refractivity contribution in [2.24, 2.45) is 18.9 Å². The molecule has 2 aliphatic rings. The Morgan fingerprint density at radius 1 is 1.40 bits per heavy atom. The van der Waals surface area contributed by atoms with Crippen molar-refractivity contribution in [3.05, 3.63) is 17.5 Å². The summed E-state index contributed by atoms with van der Waals surface area (Å²) in [5.74, 6) is -1.05. The summed E-state index contributed by atoms with van der Waals surface area (Å²) in [7, 11) is 1.67. The van der Waals surface area contributed by atoms with Crippen LogP contribution in [-0.4, -0.2) is 39.1 Å². The van der Waals surface area contributed by atoms with Gasteiger partial charge in [-0.25, -0.2) is 4.79 Å². The van der Waals surface area contributed by atoms with Crippen molar-refractivity contribution in [2.75, 3.05) is 6.61 Å². The third-order valence-electron chi connectivity index (χ3n) is 3.82. The lowest BCUT2D eigenvalue weighted by Gasteiger charge is -2.17. The van der Waals surface area contributed by atoms with Crippen LogP contribution in [0.5, 0.6) is 0 Å². The van der Waals surface area contributed by atoms with Crippen molar-refractivity contribution < 1.29 is 19.1 Å². The van der Waals surface area contributed by atoms with E-state index < -0.39 is 5.97 Å². The van der Waals surface area contributed by atoms with Gasteiger partial charge < -0.3 is 4.74 Å². The fraction of sp³-hybridized carbons (Fsp3) is 0.538. The summed E-state index contributed by atoms with van der Waals surface area (Å²) >= 11 is 0. The summed E-state index contributed by atoms with van der Waals surface area (Å²) in [5.41, 5.74) is 0.821. The van der Waals surface area contributed by atoms with Crippen LogP contribution >= 0.6 is 0 Å². The van der Waals surface area contributed by atoms with E-state index in [4.69, 9.17) is 4.74 Å². The number of nitrogens with zero attached hydrogens (tertiary/aromatic N) is 3. The highest BCUT2D eigenvalue weighted by Crippen LogP contribution is 2.47. The molecule has 2 unspecified atom stereocenters. The van der Waals surface area contributed by atoms with Gasteiger partial charge in [-0.05, 0) is 13.3 Å². The van der Waals surface area contributed by atoms with Gasteiger partial charge in [0.2, 0.25) is 11.8 Å². The lowest BCUT2D eigenvalue weighted by atomic mass is 10.2. The third kappa shape index (κ3) is 1.81. The van der Waals surface area contributed by atoms with Gasteiger partial charge in [0.25, 0.3) is 0 Å². The number of hydrogen-bond donors (Lipinski definition) is 0. The number of piperidine rings is 1. The zero-order valence-corrected chi connectivity index (χ0v) is 11.3. The van der Waals surface area contributed by atoms with Crippen molar-refractivity contribution in [1.82, 2.24) is 14.7 Å². The number of likely N-dealkylation sites (tertiary alicyclic amines) is 1. The molecule has 2 fully saturated rings. The minimum atomic E-state index is -0.486. The number of amides is 2. The number of aryl methyl sites for hydroxylation is 1. The van der Waals surface area contributed by atoms with Crippen LogP contribution in [0, 0.1) is 11.8 Å². The zero-order chi connectivity index (χ0) is 14.4. The SMILES string of the molecule is CCOC(=O)c1cnn(C)c1CN1C(=O)C2CC2C1=O. The molecule has 1 saturated carbocycles. The maximum Gasteiger partial charge on any atom is 0.341 e. The van der Waals surface area contributed by atoms with E-state index in [1.54, 1.807) is 14.0 Å². The highest BCUT2D eigenvalue weighted by atomic mass is 16.5. The van der Waals surface area contributed by atoms with Gasteiger partial charge in [-0.2, -0.15) is 5.10 Å². The van der Waals surface area contributed by atoms with Gasteiger partial charge in [0.15, 0.2) is 0 Å². The van der Waals surface area contributed by atoms with Crippen molar-refractivity contribution in [3.8, 4) is 0 Å². The smallest absolute Gasteiger partial charge is 0.341 e. The topological polar surface area (TPSA) is 81.5 Å². The molecule has 0 radical (unpaired) electrons. The van der Waals surface area contributed by atoms with Gasteiger partial charge in [-0.15, -0.1) is 0 Å². The van der Waals surface area contributed by atoms with Gasteiger partial charge in [0.05, 0.1) is 36.9 Å². The van der Waals surface area contributed by atoms with Crippen LogP contribution in [0.1, 0.15) is 29.4 Å². The van der Waals surface area contributed by atoms with E-state index >= 15 is 0 Å². The second kappa shape index (κ2) is 4.43. The molecular weight excluding hydrogens is 262 g/mol.